The number of sulfone groups is 1. The van der Waals surface area contributed by atoms with Gasteiger partial charge in [0.05, 0.1) is 17.3 Å². The molecule has 0 saturated carbocycles. The van der Waals surface area contributed by atoms with Crippen LogP contribution in [0.5, 0.6) is 0 Å². The number of thioether (sulfide) groups is 1. The summed E-state index contributed by atoms with van der Waals surface area (Å²) in [6, 6.07) is 8.09. The van der Waals surface area contributed by atoms with Crippen LogP contribution in [-0.2, 0) is 9.84 Å². The quantitative estimate of drug-likeness (QED) is 0.587. The summed E-state index contributed by atoms with van der Waals surface area (Å²) >= 11 is 1.18. The Morgan fingerprint density at radius 2 is 2.04 bits per heavy atom. The Morgan fingerprint density at radius 1 is 1.32 bits per heavy atom. The predicted octanol–water partition coefficient (Wildman–Crippen LogP) is 3.58. The number of halogens is 1. The summed E-state index contributed by atoms with van der Waals surface area (Å²) in [5.41, 5.74) is 2.27. The topological polar surface area (TPSA) is 56.1 Å². The molecule has 25 heavy (non-hydrogen) atoms. The van der Waals surface area contributed by atoms with E-state index in [1.54, 1.807) is 18.2 Å². The summed E-state index contributed by atoms with van der Waals surface area (Å²) in [6.45, 7) is 3.73. The van der Waals surface area contributed by atoms with Crippen LogP contribution in [0.4, 0.5) is 4.39 Å². The van der Waals surface area contributed by atoms with Crippen molar-refractivity contribution in [1.82, 2.24) is 4.57 Å². The molecule has 0 amide bonds. The van der Waals surface area contributed by atoms with Crippen molar-refractivity contribution in [3.8, 4) is 0 Å². The highest BCUT2D eigenvalue weighted by Crippen LogP contribution is 2.30. The van der Waals surface area contributed by atoms with E-state index in [1.807, 2.05) is 24.5 Å². The fourth-order valence-corrected chi connectivity index (χ4v) is 5.91. The van der Waals surface area contributed by atoms with Crippen LogP contribution in [0, 0.1) is 19.7 Å². The van der Waals surface area contributed by atoms with Gasteiger partial charge in [-0.15, -0.1) is 11.8 Å². The fourth-order valence-electron chi connectivity index (χ4n) is 3.38. The Labute approximate surface area is 151 Å². The third-order valence-electron chi connectivity index (χ3n) is 4.55. The molecule has 134 valence electrons. The molecule has 1 aliphatic rings. The number of benzene rings is 1. The summed E-state index contributed by atoms with van der Waals surface area (Å²) in [5, 5.41) is 0. The Balaban J connectivity index is 1.78. The van der Waals surface area contributed by atoms with Crippen LogP contribution < -0.4 is 0 Å². The van der Waals surface area contributed by atoms with Crippen molar-refractivity contribution >= 4 is 27.4 Å². The third-order valence-corrected chi connectivity index (χ3v) is 7.35. The molecule has 0 N–H and O–H groups in total. The Bertz CT molecular complexity index is 918. The van der Waals surface area contributed by atoms with Gasteiger partial charge in [-0.2, -0.15) is 0 Å². The van der Waals surface area contributed by atoms with Crippen LogP contribution in [0.3, 0.4) is 0 Å². The number of Topliss-reactive ketones (excluding diaryl/α,β-unsaturated/α-hetero) is 1. The highest BCUT2D eigenvalue weighted by Gasteiger charge is 2.31. The zero-order chi connectivity index (χ0) is 18.2. The van der Waals surface area contributed by atoms with E-state index in [1.165, 1.54) is 17.8 Å². The van der Waals surface area contributed by atoms with Crippen molar-refractivity contribution in [2.75, 3.05) is 17.3 Å². The molecule has 2 aromatic rings. The van der Waals surface area contributed by atoms with Gasteiger partial charge in [0.1, 0.15) is 5.82 Å². The lowest BCUT2D eigenvalue weighted by atomic mass is 10.2. The normalized spacial score (nSPS) is 19.2. The number of nitrogens with zero attached hydrogens (tertiary/aromatic N) is 1. The van der Waals surface area contributed by atoms with Gasteiger partial charge in [-0.3, -0.25) is 4.79 Å². The summed E-state index contributed by atoms with van der Waals surface area (Å²) < 4.78 is 39.1. The molecule has 1 unspecified atom stereocenters. The largest absolute Gasteiger partial charge is 0.344 e. The SMILES string of the molecule is Cc1cc(C(=O)CSc2ccccc2F)c(C)n1C1CCS(=O)(=O)C1. The van der Waals surface area contributed by atoms with E-state index in [4.69, 9.17) is 0 Å². The van der Waals surface area contributed by atoms with E-state index in [0.717, 1.165) is 11.4 Å². The van der Waals surface area contributed by atoms with Crippen LogP contribution in [0.2, 0.25) is 0 Å². The molecule has 0 radical (unpaired) electrons. The van der Waals surface area contributed by atoms with Crippen LogP contribution in [0.25, 0.3) is 0 Å². The summed E-state index contributed by atoms with van der Waals surface area (Å²) in [6.07, 6.45) is 0.580. The zero-order valence-corrected chi connectivity index (χ0v) is 15.8. The number of hydrogen-bond donors (Lipinski definition) is 0. The maximum absolute atomic E-state index is 13.7. The fraction of sp³-hybridized carbons (Fsp3) is 0.389. The molecule has 4 nitrogen and oxygen atoms in total. The molecule has 0 spiro atoms. The first-order valence-electron chi connectivity index (χ1n) is 8.08. The van der Waals surface area contributed by atoms with Gasteiger partial charge in [0.25, 0.3) is 0 Å². The van der Waals surface area contributed by atoms with Gasteiger partial charge in [0, 0.05) is 27.9 Å². The van der Waals surface area contributed by atoms with E-state index in [0.29, 0.717) is 16.9 Å². The molecule has 1 atom stereocenters. The predicted molar refractivity (Wildman–Crippen MR) is 97.7 cm³/mol. The second-order valence-electron chi connectivity index (χ2n) is 6.35. The van der Waals surface area contributed by atoms with Crippen molar-refractivity contribution in [2.24, 2.45) is 0 Å². The summed E-state index contributed by atoms with van der Waals surface area (Å²) in [5.74, 6) is 0.0615. The number of hydrogen-bond acceptors (Lipinski definition) is 4. The second-order valence-corrected chi connectivity index (χ2v) is 9.60. The van der Waals surface area contributed by atoms with Gasteiger partial charge < -0.3 is 4.57 Å². The number of aromatic nitrogens is 1. The lowest BCUT2D eigenvalue weighted by molar-refractivity contribution is 0.102. The van der Waals surface area contributed by atoms with Crippen LogP contribution >= 0.6 is 11.8 Å². The molecule has 1 aromatic heterocycles. The van der Waals surface area contributed by atoms with Crippen molar-refractivity contribution in [3.05, 3.63) is 53.1 Å². The lowest BCUT2D eigenvalue weighted by Gasteiger charge is -2.16. The van der Waals surface area contributed by atoms with E-state index >= 15 is 0 Å². The van der Waals surface area contributed by atoms with Gasteiger partial charge >= 0.3 is 0 Å². The number of aryl methyl sites for hydroxylation is 1. The minimum atomic E-state index is -2.99. The number of carbonyl (C=O) groups is 1. The number of rotatable bonds is 5. The Hall–Kier alpha value is -1.60. The molecule has 3 rings (SSSR count). The molecular weight excluding hydrogens is 361 g/mol. The standard InChI is InChI=1S/C18H20FNO3S2/c1-12-9-15(13(2)20(12)14-7-8-25(22,23)11-14)17(21)10-24-18-6-4-3-5-16(18)19/h3-6,9,14H,7-8,10-11H2,1-2H3. The minimum absolute atomic E-state index is 0.0755. The van der Waals surface area contributed by atoms with Gasteiger partial charge in [-0.1, -0.05) is 12.1 Å². The Kier molecular flexibility index (Phi) is 5.06. The summed E-state index contributed by atoms with van der Waals surface area (Å²) in [7, 11) is -2.99. The van der Waals surface area contributed by atoms with Crippen molar-refractivity contribution in [2.45, 2.75) is 31.2 Å². The van der Waals surface area contributed by atoms with Crippen LogP contribution in [-0.4, -0.2) is 36.0 Å². The van der Waals surface area contributed by atoms with E-state index in [2.05, 4.69) is 0 Å². The maximum atomic E-state index is 13.7. The van der Waals surface area contributed by atoms with E-state index in [-0.39, 0.29) is 34.9 Å². The zero-order valence-electron chi connectivity index (χ0n) is 14.2. The first-order valence-corrected chi connectivity index (χ1v) is 10.9. The summed E-state index contributed by atoms with van der Waals surface area (Å²) in [4.78, 5) is 13.0. The average molecular weight is 381 g/mol. The molecular formula is C18H20FNO3S2. The molecule has 7 heteroatoms. The van der Waals surface area contributed by atoms with Gasteiger partial charge in [-0.05, 0) is 38.5 Å². The Morgan fingerprint density at radius 3 is 2.68 bits per heavy atom. The van der Waals surface area contributed by atoms with E-state index < -0.39 is 9.84 Å². The molecule has 1 aliphatic heterocycles. The van der Waals surface area contributed by atoms with E-state index in [9.17, 15) is 17.6 Å². The third kappa shape index (κ3) is 3.82. The monoisotopic (exact) mass is 381 g/mol. The van der Waals surface area contributed by atoms with Crippen molar-refractivity contribution < 1.29 is 17.6 Å². The molecule has 1 fully saturated rings. The van der Waals surface area contributed by atoms with Gasteiger partial charge in [0.2, 0.25) is 0 Å². The van der Waals surface area contributed by atoms with Crippen LogP contribution in [0.1, 0.15) is 34.2 Å². The molecule has 1 aromatic carbocycles. The smallest absolute Gasteiger partial charge is 0.174 e. The number of ketones is 1. The molecule has 0 aliphatic carbocycles. The van der Waals surface area contributed by atoms with Crippen LogP contribution in [0.15, 0.2) is 35.2 Å². The average Bonchev–Trinajstić information content (AvgIpc) is 3.05. The minimum Gasteiger partial charge on any atom is -0.344 e. The van der Waals surface area contributed by atoms with Crippen molar-refractivity contribution in [3.63, 3.8) is 0 Å². The van der Waals surface area contributed by atoms with Gasteiger partial charge in [-0.25, -0.2) is 12.8 Å². The highest BCUT2D eigenvalue weighted by molar-refractivity contribution is 8.00. The first-order chi connectivity index (χ1) is 11.8. The second kappa shape index (κ2) is 6.96. The first kappa shape index (κ1) is 18.2. The molecule has 2 heterocycles. The lowest BCUT2D eigenvalue weighted by Crippen LogP contribution is -2.14. The van der Waals surface area contributed by atoms with Gasteiger partial charge in [0.15, 0.2) is 15.6 Å². The molecule has 0 bridgehead atoms. The van der Waals surface area contributed by atoms with Crippen molar-refractivity contribution in [1.29, 1.82) is 0 Å². The highest BCUT2D eigenvalue weighted by atomic mass is 32.2. The molecule has 1 saturated heterocycles. The number of carbonyl (C=O) groups excluding carboxylic acids is 1. The maximum Gasteiger partial charge on any atom is 0.174 e.